The normalized spacial score (nSPS) is 12.0. The monoisotopic (exact) mass is 283 g/mol. The molecule has 0 unspecified atom stereocenters. The maximum Gasteiger partial charge on any atom is 0.255 e. The molecule has 6 nitrogen and oxygen atoms in total. The third-order valence-electron chi connectivity index (χ3n) is 2.98. The van der Waals surface area contributed by atoms with E-state index in [0.29, 0.717) is 10.9 Å². The second-order valence-electron chi connectivity index (χ2n) is 5.28. The van der Waals surface area contributed by atoms with E-state index in [1.54, 1.807) is 10.6 Å². The first-order valence-electron chi connectivity index (χ1n) is 6.23. The van der Waals surface area contributed by atoms with Crippen LogP contribution in [0.15, 0.2) is 12.4 Å². The summed E-state index contributed by atoms with van der Waals surface area (Å²) in [5.74, 6) is 1.24. The molecule has 0 atom stereocenters. The molecule has 0 aliphatic carbocycles. The van der Waals surface area contributed by atoms with Crippen LogP contribution >= 0.6 is 11.6 Å². The minimum Gasteiger partial charge on any atom is -0.396 e. The highest BCUT2D eigenvalue weighted by Gasteiger charge is 2.18. The summed E-state index contributed by atoms with van der Waals surface area (Å²) >= 11 is 5.95. The van der Waals surface area contributed by atoms with Crippen LogP contribution in [0.1, 0.15) is 26.7 Å². The molecule has 104 valence electrons. The first-order chi connectivity index (χ1) is 9.02. The van der Waals surface area contributed by atoms with Crippen LogP contribution in [0.2, 0.25) is 5.15 Å². The highest BCUT2D eigenvalue weighted by Crippen LogP contribution is 2.23. The van der Waals surface area contributed by atoms with Gasteiger partial charge in [0.25, 0.3) is 5.78 Å². The zero-order valence-corrected chi connectivity index (χ0v) is 11.9. The summed E-state index contributed by atoms with van der Waals surface area (Å²) in [6.07, 6.45) is 3.18. The van der Waals surface area contributed by atoms with Crippen LogP contribution in [-0.4, -0.2) is 37.8 Å². The molecule has 2 rings (SSSR count). The van der Waals surface area contributed by atoms with E-state index in [1.807, 2.05) is 0 Å². The smallest absolute Gasteiger partial charge is 0.255 e. The van der Waals surface area contributed by atoms with Crippen LogP contribution in [0, 0.1) is 5.41 Å². The molecule has 0 bridgehead atoms. The zero-order chi connectivity index (χ0) is 13.9. The maximum atomic E-state index is 8.90. The molecule has 7 heteroatoms. The van der Waals surface area contributed by atoms with Crippen molar-refractivity contribution >= 4 is 23.2 Å². The van der Waals surface area contributed by atoms with E-state index < -0.39 is 0 Å². The SMILES string of the molecule is CC(C)(CCCO)CNc1cc(Cl)nc2ncnn12. The van der Waals surface area contributed by atoms with Crippen molar-refractivity contribution in [3.8, 4) is 0 Å². The van der Waals surface area contributed by atoms with Crippen LogP contribution in [0.4, 0.5) is 5.82 Å². The summed E-state index contributed by atoms with van der Waals surface area (Å²) < 4.78 is 1.62. The molecule has 2 heterocycles. The number of rotatable bonds is 6. The maximum absolute atomic E-state index is 8.90. The number of aliphatic hydroxyl groups excluding tert-OH is 1. The summed E-state index contributed by atoms with van der Waals surface area (Å²) in [4.78, 5) is 8.09. The molecule has 2 aromatic heterocycles. The highest BCUT2D eigenvalue weighted by molar-refractivity contribution is 6.29. The van der Waals surface area contributed by atoms with E-state index in [1.165, 1.54) is 6.33 Å². The molecule has 0 aliphatic heterocycles. The van der Waals surface area contributed by atoms with Crippen molar-refractivity contribution in [1.82, 2.24) is 19.6 Å². The van der Waals surface area contributed by atoms with Gasteiger partial charge in [-0.25, -0.2) is 0 Å². The van der Waals surface area contributed by atoms with Crippen molar-refractivity contribution in [3.63, 3.8) is 0 Å². The van der Waals surface area contributed by atoms with Gasteiger partial charge in [-0.2, -0.15) is 19.6 Å². The molecule has 0 amide bonds. The number of nitrogens with one attached hydrogen (secondary N) is 1. The number of nitrogens with zero attached hydrogens (tertiary/aromatic N) is 4. The van der Waals surface area contributed by atoms with Gasteiger partial charge in [-0.15, -0.1) is 0 Å². The van der Waals surface area contributed by atoms with Gasteiger partial charge in [-0.3, -0.25) is 0 Å². The van der Waals surface area contributed by atoms with Crippen molar-refractivity contribution in [2.24, 2.45) is 5.41 Å². The van der Waals surface area contributed by atoms with Crippen molar-refractivity contribution in [3.05, 3.63) is 17.5 Å². The Bertz CT molecular complexity index is 554. The Labute approximate surface area is 116 Å². The lowest BCUT2D eigenvalue weighted by Gasteiger charge is -2.25. The summed E-state index contributed by atoms with van der Waals surface area (Å²) in [7, 11) is 0. The third kappa shape index (κ3) is 3.54. The number of halogens is 1. The number of aliphatic hydroxyl groups is 1. The molecule has 0 saturated carbocycles. The Balaban J connectivity index is 2.11. The molecule has 19 heavy (non-hydrogen) atoms. The molecule has 0 fully saturated rings. The van der Waals surface area contributed by atoms with E-state index >= 15 is 0 Å². The molecular formula is C12H18ClN5O. The Morgan fingerprint density at radius 1 is 1.47 bits per heavy atom. The zero-order valence-electron chi connectivity index (χ0n) is 11.1. The molecule has 2 aromatic rings. The quantitative estimate of drug-likeness (QED) is 0.793. The first-order valence-corrected chi connectivity index (χ1v) is 6.61. The van der Waals surface area contributed by atoms with Gasteiger partial charge in [0.15, 0.2) is 0 Å². The molecule has 0 aromatic carbocycles. The number of hydrogen-bond acceptors (Lipinski definition) is 5. The first kappa shape index (κ1) is 14.0. The van der Waals surface area contributed by atoms with Crippen LogP contribution in [-0.2, 0) is 0 Å². The van der Waals surface area contributed by atoms with Gasteiger partial charge in [0.2, 0.25) is 0 Å². The highest BCUT2D eigenvalue weighted by atomic mass is 35.5. The predicted molar refractivity (Wildman–Crippen MR) is 74.4 cm³/mol. The van der Waals surface area contributed by atoms with Crippen LogP contribution in [0.25, 0.3) is 5.78 Å². The van der Waals surface area contributed by atoms with Gasteiger partial charge >= 0.3 is 0 Å². The van der Waals surface area contributed by atoms with Gasteiger partial charge in [-0.05, 0) is 18.3 Å². The number of aromatic nitrogens is 4. The van der Waals surface area contributed by atoms with E-state index in [0.717, 1.165) is 25.2 Å². The molecule has 2 N–H and O–H groups in total. The fourth-order valence-electron chi connectivity index (χ4n) is 1.89. The summed E-state index contributed by atoms with van der Waals surface area (Å²) in [5, 5.41) is 16.7. The Morgan fingerprint density at radius 3 is 3.00 bits per heavy atom. The van der Waals surface area contributed by atoms with E-state index in [2.05, 4.69) is 34.2 Å². The fraction of sp³-hybridized carbons (Fsp3) is 0.583. The van der Waals surface area contributed by atoms with E-state index in [-0.39, 0.29) is 12.0 Å². The number of anilines is 1. The average Bonchev–Trinajstić information content (AvgIpc) is 2.81. The van der Waals surface area contributed by atoms with Gasteiger partial charge in [0, 0.05) is 19.2 Å². The Morgan fingerprint density at radius 2 is 2.26 bits per heavy atom. The van der Waals surface area contributed by atoms with Crippen molar-refractivity contribution in [2.75, 3.05) is 18.5 Å². The van der Waals surface area contributed by atoms with Crippen molar-refractivity contribution in [2.45, 2.75) is 26.7 Å². The number of hydrogen-bond donors (Lipinski definition) is 2. The van der Waals surface area contributed by atoms with Crippen LogP contribution in [0.5, 0.6) is 0 Å². The molecule has 0 saturated heterocycles. The molecule has 0 spiro atoms. The van der Waals surface area contributed by atoms with Gasteiger partial charge < -0.3 is 10.4 Å². The Hall–Kier alpha value is -1.40. The lowest BCUT2D eigenvalue weighted by atomic mass is 9.88. The van der Waals surface area contributed by atoms with E-state index in [9.17, 15) is 0 Å². The summed E-state index contributed by atoms with van der Waals surface area (Å²) in [6, 6.07) is 1.73. The van der Waals surface area contributed by atoms with Crippen molar-refractivity contribution in [1.29, 1.82) is 0 Å². The Kier molecular flexibility index (Phi) is 4.21. The van der Waals surface area contributed by atoms with Gasteiger partial charge in [0.1, 0.15) is 17.3 Å². The second kappa shape index (κ2) is 5.71. The number of fused-ring (bicyclic) bond motifs is 1. The van der Waals surface area contributed by atoms with Crippen LogP contribution in [0.3, 0.4) is 0 Å². The molecule has 0 radical (unpaired) electrons. The minimum atomic E-state index is 0.0748. The predicted octanol–water partition coefficient (Wildman–Crippen LogP) is 1.99. The minimum absolute atomic E-state index is 0.0748. The molecule has 0 aliphatic rings. The summed E-state index contributed by atoms with van der Waals surface area (Å²) in [5.41, 5.74) is 0.0748. The third-order valence-corrected chi connectivity index (χ3v) is 3.17. The summed E-state index contributed by atoms with van der Waals surface area (Å²) in [6.45, 7) is 5.27. The van der Waals surface area contributed by atoms with Crippen LogP contribution < -0.4 is 5.32 Å². The topological polar surface area (TPSA) is 75.3 Å². The lowest BCUT2D eigenvalue weighted by Crippen LogP contribution is -2.24. The average molecular weight is 284 g/mol. The van der Waals surface area contributed by atoms with E-state index in [4.69, 9.17) is 16.7 Å². The fourth-order valence-corrected chi connectivity index (χ4v) is 2.06. The standard InChI is InChI=1S/C12H18ClN5O/c1-12(2,4-3-5-19)7-14-10-6-9(13)17-11-15-8-16-18(10)11/h6,8,14,19H,3-5,7H2,1-2H3. The lowest BCUT2D eigenvalue weighted by molar-refractivity contribution is 0.247. The van der Waals surface area contributed by atoms with Gasteiger partial charge in [0.05, 0.1) is 0 Å². The van der Waals surface area contributed by atoms with Gasteiger partial charge in [-0.1, -0.05) is 25.4 Å². The largest absolute Gasteiger partial charge is 0.396 e. The molecular weight excluding hydrogens is 266 g/mol. The second-order valence-corrected chi connectivity index (χ2v) is 5.67. The van der Waals surface area contributed by atoms with Crippen molar-refractivity contribution < 1.29 is 5.11 Å².